The Morgan fingerprint density at radius 1 is 0.806 bits per heavy atom. The Hall–Kier alpha value is -4.44. The van der Waals surface area contributed by atoms with Gasteiger partial charge in [-0.2, -0.15) is 0 Å². The van der Waals surface area contributed by atoms with Crippen LogP contribution >= 0.6 is 0 Å². The van der Waals surface area contributed by atoms with Crippen LogP contribution in [-0.4, -0.2) is 16.1 Å². The lowest BCUT2D eigenvalue weighted by atomic mass is 9.77. The number of aromatic nitrogens is 2. The van der Waals surface area contributed by atoms with Gasteiger partial charge in [-0.3, -0.25) is 9.97 Å². The number of ether oxygens (including phenoxy) is 1. The smallest absolute Gasteiger partial charge is 0.136 e. The van der Waals surface area contributed by atoms with E-state index in [4.69, 9.17) is 9.15 Å². The van der Waals surface area contributed by atoms with Gasteiger partial charge in [0.15, 0.2) is 0 Å². The topological polar surface area (TPSA) is 48.2 Å². The van der Waals surface area contributed by atoms with Crippen molar-refractivity contribution in [1.82, 2.24) is 9.97 Å². The van der Waals surface area contributed by atoms with E-state index < -0.39 is 0 Å². The Bertz CT molecular complexity index is 1760. The molecule has 4 heterocycles. The second kappa shape index (κ2) is 7.53. The molecule has 2 atom stereocenters. The van der Waals surface area contributed by atoms with Crippen molar-refractivity contribution in [2.75, 3.05) is 0 Å². The maximum atomic E-state index is 6.49. The first-order valence-electron chi connectivity index (χ1n) is 12.4. The molecule has 5 aromatic rings. The zero-order valence-electron chi connectivity index (χ0n) is 19.5. The third kappa shape index (κ3) is 2.88. The van der Waals surface area contributed by atoms with Crippen LogP contribution in [0, 0.1) is 0 Å². The fourth-order valence-electron chi connectivity index (χ4n) is 6.11. The summed E-state index contributed by atoms with van der Waals surface area (Å²) in [5.41, 5.74) is 10.5. The quantitative estimate of drug-likeness (QED) is 0.268. The molecule has 0 bridgehead atoms. The number of hydrogen-bond acceptors (Lipinski definition) is 4. The van der Waals surface area contributed by atoms with Gasteiger partial charge in [0.25, 0.3) is 0 Å². The Kier molecular flexibility index (Phi) is 4.14. The number of rotatable bonds is 2. The van der Waals surface area contributed by atoms with Crippen LogP contribution in [0.2, 0.25) is 0 Å². The molecule has 2 aromatic carbocycles. The van der Waals surface area contributed by atoms with Crippen molar-refractivity contribution in [1.29, 1.82) is 0 Å². The first-order chi connectivity index (χ1) is 17.8. The minimum atomic E-state index is 0.0415. The van der Waals surface area contributed by atoms with Crippen molar-refractivity contribution in [3.63, 3.8) is 0 Å². The van der Waals surface area contributed by atoms with Crippen molar-refractivity contribution >= 4 is 33.6 Å². The fraction of sp³-hybridized carbons (Fsp3) is 0.125. The highest BCUT2D eigenvalue weighted by atomic mass is 16.5. The van der Waals surface area contributed by atoms with Crippen LogP contribution in [0.5, 0.6) is 0 Å². The van der Waals surface area contributed by atoms with Crippen LogP contribution in [0.15, 0.2) is 107 Å². The molecule has 4 nitrogen and oxygen atoms in total. The molecular formula is C32H22N2O2. The molecule has 0 N–H and O–H groups in total. The summed E-state index contributed by atoms with van der Waals surface area (Å²) in [6, 6.07) is 19.0. The van der Waals surface area contributed by atoms with Gasteiger partial charge in [-0.05, 0) is 88.7 Å². The molecule has 4 heteroatoms. The lowest BCUT2D eigenvalue weighted by Gasteiger charge is -2.25. The minimum Gasteiger partial charge on any atom is -0.485 e. The van der Waals surface area contributed by atoms with Gasteiger partial charge >= 0.3 is 0 Å². The predicted molar refractivity (Wildman–Crippen MR) is 142 cm³/mol. The van der Waals surface area contributed by atoms with Crippen molar-refractivity contribution in [2.45, 2.75) is 24.9 Å². The Morgan fingerprint density at radius 3 is 2.50 bits per heavy atom. The molecule has 0 radical (unpaired) electrons. The minimum absolute atomic E-state index is 0.0415. The number of nitrogens with zero attached hydrogens (tertiary/aromatic N) is 2. The average molecular weight is 467 g/mol. The summed E-state index contributed by atoms with van der Waals surface area (Å²) in [6.45, 7) is 0. The van der Waals surface area contributed by atoms with Crippen molar-refractivity contribution in [3.8, 4) is 11.1 Å². The molecule has 0 fully saturated rings. The highest BCUT2D eigenvalue weighted by molar-refractivity contribution is 6.10. The Labute approximate surface area is 208 Å². The van der Waals surface area contributed by atoms with Crippen molar-refractivity contribution in [3.05, 3.63) is 120 Å². The zero-order chi connectivity index (χ0) is 23.6. The number of pyridine rings is 2. The molecule has 2 unspecified atom stereocenters. The molecule has 3 aromatic heterocycles. The zero-order valence-corrected chi connectivity index (χ0v) is 19.5. The third-order valence-corrected chi connectivity index (χ3v) is 7.78. The number of benzene rings is 2. The first kappa shape index (κ1) is 19.8. The van der Waals surface area contributed by atoms with Gasteiger partial charge in [-0.25, -0.2) is 0 Å². The number of fused-ring (bicyclic) bond motifs is 8. The fourth-order valence-corrected chi connectivity index (χ4v) is 6.11. The largest absolute Gasteiger partial charge is 0.485 e. The molecule has 8 rings (SSSR count). The highest BCUT2D eigenvalue weighted by Gasteiger charge is 2.40. The second-order valence-electron chi connectivity index (χ2n) is 9.72. The molecule has 0 saturated heterocycles. The van der Waals surface area contributed by atoms with E-state index in [1.54, 1.807) is 6.20 Å². The third-order valence-electron chi connectivity index (χ3n) is 7.78. The van der Waals surface area contributed by atoms with E-state index in [9.17, 15) is 0 Å². The SMILES string of the molecule is C1=CC2OC3=C(CCC(c4cccnc4)=C3)C2c2ccc3oc4cc(-c5cccnc5)ccc4c3c21. The number of allylic oxidation sites excluding steroid dienone is 2. The van der Waals surface area contributed by atoms with E-state index >= 15 is 0 Å². The van der Waals surface area contributed by atoms with Crippen molar-refractivity contribution < 1.29 is 9.15 Å². The van der Waals surface area contributed by atoms with Gasteiger partial charge in [0, 0.05) is 41.1 Å². The predicted octanol–water partition coefficient (Wildman–Crippen LogP) is 7.68. The molecule has 2 aliphatic carbocycles. The molecule has 0 amide bonds. The van der Waals surface area contributed by atoms with E-state index in [0.717, 1.165) is 46.3 Å². The van der Waals surface area contributed by atoms with Crippen LogP contribution in [-0.2, 0) is 4.74 Å². The molecule has 0 saturated carbocycles. The Balaban J connectivity index is 1.25. The molecule has 1 aliphatic heterocycles. The number of furan rings is 1. The van der Waals surface area contributed by atoms with Crippen LogP contribution in [0.4, 0.5) is 0 Å². The molecule has 36 heavy (non-hydrogen) atoms. The first-order valence-corrected chi connectivity index (χ1v) is 12.4. The number of hydrogen-bond donors (Lipinski definition) is 0. The molecule has 3 aliphatic rings. The lowest BCUT2D eigenvalue weighted by molar-refractivity contribution is 0.181. The van der Waals surface area contributed by atoms with Crippen LogP contribution in [0.1, 0.15) is 35.4 Å². The van der Waals surface area contributed by atoms with E-state index in [1.807, 2.05) is 30.7 Å². The monoisotopic (exact) mass is 466 g/mol. The second-order valence-corrected chi connectivity index (χ2v) is 9.72. The van der Waals surface area contributed by atoms with Gasteiger partial charge in [0.2, 0.25) is 0 Å². The van der Waals surface area contributed by atoms with E-state index in [2.05, 4.69) is 70.7 Å². The van der Waals surface area contributed by atoms with Gasteiger partial charge in [-0.15, -0.1) is 0 Å². The van der Waals surface area contributed by atoms with Crippen LogP contribution in [0.25, 0.3) is 44.7 Å². The van der Waals surface area contributed by atoms with Gasteiger partial charge in [0.05, 0.1) is 5.92 Å². The van der Waals surface area contributed by atoms with Crippen molar-refractivity contribution in [2.24, 2.45) is 0 Å². The van der Waals surface area contributed by atoms with Gasteiger partial charge < -0.3 is 9.15 Å². The van der Waals surface area contributed by atoms with E-state index in [-0.39, 0.29) is 12.0 Å². The summed E-state index contributed by atoms with van der Waals surface area (Å²) in [7, 11) is 0. The van der Waals surface area contributed by atoms with E-state index in [0.29, 0.717) is 0 Å². The highest BCUT2D eigenvalue weighted by Crippen LogP contribution is 2.51. The molecule has 0 spiro atoms. The summed E-state index contributed by atoms with van der Waals surface area (Å²) >= 11 is 0. The summed E-state index contributed by atoms with van der Waals surface area (Å²) in [5, 5.41) is 2.33. The molecular weight excluding hydrogens is 444 g/mol. The standard InChI is InChI=1S/C32H22N2O2/c1-3-21(17-33-13-1)19-5-7-25-29(15-19)35-27-11-9-24-23(31(25)27)10-12-28-32(24)26-8-6-20(16-30(26)36-28)22-4-2-14-34-18-22/h1-5,7,9-18,28,32H,6,8H2. The van der Waals surface area contributed by atoms with Gasteiger partial charge in [-0.1, -0.05) is 30.3 Å². The van der Waals surface area contributed by atoms with Crippen LogP contribution in [0.3, 0.4) is 0 Å². The maximum Gasteiger partial charge on any atom is 0.136 e. The van der Waals surface area contributed by atoms with Crippen LogP contribution < -0.4 is 0 Å². The lowest BCUT2D eigenvalue weighted by Crippen LogP contribution is -2.18. The Morgan fingerprint density at radius 2 is 1.67 bits per heavy atom. The van der Waals surface area contributed by atoms with Gasteiger partial charge in [0.1, 0.15) is 23.0 Å². The van der Waals surface area contributed by atoms with E-state index in [1.165, 1.54) is 33.2 Å². The molecule has 172 valence electrons. The summed E-state index contributed by atoms with van der Waals surface area (Å²) < 4.78 is 12.8. The summed E-state index contributed by atoms with van der Waals surface area (Å²) in [4.78, 5) is 8.56. The maximum absolute atomic E-state index is 6.49. The normalized spacial score (nSPS) is 20.2. The summed E-state index contributed by atoms with van der Waals surface area (Å²) in [6.07, 6.45) is 16.2. The average Bonchev–Trinajstić information content (AvgIpc) is 3.51. The summed E-state index contributed by atoms with van der Waals surface area (Å²) in [5.74, 6) is 1.28.